The minimum absolute atomic E-state index is 0.0183. The Kier molecular flexibility index (Phi) is 6.36. The summed E-state index contributed by atoms with van der Waals surface area (Å²) in [6.07, 6.45) is 0.304. The van der Waals surface area contributed by atoms with Crippen LogP contribution in [-0.2, 0) is 11.2 Å². The number of rotatable bonds is 8. The second-order valence-electron chi connectivity index (χ2n) is 6.84. The van der Waals surface area contributed by atoms with E-state index in [1.54, 1.807) is 0 Å². The number of phenols is 2. The molecule has 0 aliphatic heterocycles. The largest absolute Gasteiger partial charge is 0.508 e. The molecule has 0 spiro atoms. The summed E-state index contributed by atoms with van der Waals surface area (Å²) in [4.78, 5) is 24.2. The monoisotopic (exact) mass is 356 g/mol. The third kappa shape index (κ3) is 6.22. The molecule has 0 aliphatic carbocycles. The summed E-state index contributed by atoms with van der Waals surface area (Å²) in [5.74, 6) is -0.684. The Morgan fingerprint density at radius 2 is 1.62 bits per heavy atom. The normalized spacial score (nSPS) is 11.2. The van der Waals surface area contributed by atoms with Gasteiger partial charge in [0.2, 0.25) is 5.91 Å². The van der Waals surface area contributed by atoms with Crippen LogP contribution in [0.3, 0.4) is 0 Å². The van der Waals surface area contributed by atoms with Crippen molar-refractivity contribution in [3.63, 3.8) is 0 Å². The molecule has 0 aromatic heterocycles. The highest BCUT2D eigenvalue weighted by Crippen LogP contribution is 2.20. The number of aromatic hydroxyl groups is 2. The lowest BCUT2D eigenvalue weighted by Gasteiger charge is -2.26. The van der Waals surface area contributed by atoms with E-state index in [-0.39, 0.29) is 35.3 Å². The quantitative estimate of drug-likeness (QED) is 0.542. The van der Waals surface area contributed by atoms with Crippen LogP contribution in [-0.4, -0.2) is 40.5 Å². The van der Waals surface area contributed by atoms with Crippen LogP contribution in [0.25, 0.3) is 0 Å². The lowest BCUT2D eigenvalue weighted by atomic mass is 10.0. The topological polar surface area (TPSA) is 98.7 Å². The zero-order valence-corrected chi connectivity index (χ0v) is 15.0. The average molecular weight is 356 g/mol. The van der Waals surface area contributed by atoms with Crippen LogP contribution in [0.4, 0.5) is 0 Å². The SMILES string of the molecule is CC(C)(CNC(=O)Cc1ccccc1)NCC(=O)c1cc(O)cc(O)c1. The summed E-state index contributed by atoms with van der Waals surface area (Å²) < 4.78 is 0. The molecule has 0 saturated heterocycles. The molecule has 0 atom stereocenters. The first-order chi connectivity index (χ1) is 12.2. The van der Waals surface area contributed by atoms with E-state index in [1.807, 2.05) is 44.2 Å². The molecule has 0 saturated carbocycles. The van der Waals surface area contributed by atoms with E-state index in [1.165, 1.54) is 12.1 Å². The van der Waals surface area contributed by atoms with Crippen LogP contribution in [0.5, 0.6) is 11.5 Å². The fraction of sp³-hybridized carbons (Fsp3) is 0.300. The summed E-state index contributed by atoms with van der Waals surface area (Å²) >= 11 is 0. The van der Waals surface area contributed by atoms with Gasteiger partial charge < -0.3 is 20.8 Å². The second-order valence-corrected chi connectivity index (χ2v) is 6.84. The molecule has 2 aromatic carbocycles. The molecule has 6 heteroatoms. The van der Waals surface area contributed by atoms with Crippen molar-refractivity contribution >= 4 is 11.7 Å². The summed E-state index contributed by atoms with van der Waals surface area (Å²) in [5.41, 5.74) is 0.662. The summed E-state index contributed by atoms with van der Waals surface area (Å²) in [7, 11) is 0. The molecule has 0 bridgehead atoms. The maximum absolute atomic E-state index is 12.2. The maximum atomic E-state index is 12.2. The molecule has 0 unspecified atom stereocenters. The zero-order chi connectivity index (χ0) is 19.2. The van der Waals surface area contributed by atoms with Crippen molar-refractivity contribution in [2.45, 2.75) is 25.8 Å². The van der Waals surface area contributed by atoms with Crippen molar-refractivity contribution in [1.82, 2.24) is 10.6 Å². The molecule has 4 N–H and O–H groups in total. The summed E-state index contributed by atoms with van der Waals surface area (Å²) in [6.45, 7) is 4.13. The molecule has 138 valence electrons. The van der Waals surface area contributed by atoms with Gasteiger partial charge in [-0.1, -0.05) is 30.3 Å². The van der Waals surface area contributed by atoms with Gasteiger partial charge >= 0.3 is 0 Å². The molecule has 0 aliphatic rings. The number of amides is 1. The number of phenolic OH excluding ortho intramolecular Hbond substituents is 2. The van der Waals surface area contributed by atoms with Crippen molar-refractivity contribution in [2.75, 3.05) is 13.1 Å². The van der Waals surface area contributed by atoms with Crippen molar-refractivity contribution in [3.8, 4) is 11.5 Å². The van der Waals surface area contributed by atoms with Gasteiger partial charge in [-0.05, 0) is 31.5 Å². The molecule has 2 rings (SSSR count). The predicted molar refractivity (Wildman–Crippen MR) is 99.3 cm³/mol. The first kappa shape index (κ1) is 19.5. The average Bonchev–Trinajstić information content (AvgIpc) is 2.58. The minimum atomic E-state index is -0.499. The number of nitrogens with one attached hydrogen (secondary N) is 2. The van der Waals surface area contributed by atoms with E-state index in [0.717, 1.165) is 11.6 Å². The van der Waals surface area contributed by atoms with Gasteiger partial charge in [0.25, 0.3) is 0 Å². The Labute approximate surface area is 152 Å². The van der Waals surface area contributed by atoms with Gasteiger partial charge in [0.1, 0.15) is 11.5 Å². The Bertz CT molecular complexity index is 752. The van der Waals surface area contributed by atoms with Crippen LogP contribution in [0, 0.1) is 0 Å². The van der Waals surface area contributed by atoms with Gasteiger partial charge in [-0.25, -0.2) is 0 Å². The third-order valence-corrected chi connectivity index (χ3v) is 3.89. The van der Waals surface area contributed by atoms with Gasteiger partial charge in [0.15, 0.2) is 5.78 Å². The maximum Gasteiger partial charge on any atom is 0.224 e. The van der Waals surface area contributed by atoms with Crippen LogP contribution in [0.15, 0.2) is 48.5 Å². The first-order valence-corrected chi connectivity index (χ1v) is 8.37. The fourth-order valence-electron chi connectivity index (χ4n) is 2.40. The van der Waals surface area contributed by atoms with Gasteiger partial charge in [0, 0.05) is 23.7 Å². The Balaban J connectivity index is 1.82. The van der Waals surface area contributed by atoms with E-state index < -0.39 is 5.54 Å². The van der Waals surface area contributed by atoms with Crippen LogP contribution < -0.4 is 10.6 Å². The number of ketones is 1. The van der Waals surface area contributed by atoms with Crippen molar-refractivity contribution < 1.29 is 19.8 Å². The van der Waals surface area contributed by atoms with Crippen LogP contribution in [0.1, 0.15) is 29.8 Å². The molecule has 0 radical (unpaired) electrons. The minimum Gasteiger partial charge on any atom is -0.508 e. The third-order valence-electron chi connectivity index (χ3n) is 3.89. The van der Waals surface area contributed by atoms with Gasteiger partial charge in [-0.15, -0.1) is 0 Å². The number of benzene rings is 2. The van der Waals surface area contributed by atoms with E-state index in [0.29, 0.717) is 13.0 Å². The fourth-order valence-corrected chi connectivity index (χ4v) is 2.40. The zero-order valence-electron chi connectivity index (χ0n) is 15.0. The summed E-state index contributed by atoms with van der Waals surface area (Å²) in [6, 6.07) is 13.2. The molecule has 0 fully saturated rings. The van der Waals surface area contributed by atoms with Gasteiger partial charge in [-0.3, -0.25) is 9.59 Å². The van der Waals surface area contributed by atoms with Crippen LogP contribution >= 0.6 is 0 Å². The van der Waals surface area contributed by atoms with E-state index in [2.05, 4.69) is 10.6 Å². The number of carbonyl (C=O) groups is 2. The predicted octanol–water partition coefficient (Wildman–Crippen LogP) is 2.01. The van der Waals surface area contributed by atoms with Crippen LogP contribution in [0.2, 0.25) is 0 Å². The number of carbonyl (C=O) groups excluding carboxylic acids is 2. The highest BCUT2D eigenvalue weighted by Gasteiger charge is 2.20. The lowest BCUT2D eigenvalue weighted by molar-refractivity contribution is -0.120. The second kappa shape index (κ2) is 8.49. The standard InChI is InChI=1S/C20H24N2O4/c1-20(2,13-21-19(26)8-14-6-4-3-5-7-14)22-12-18(25)15-9-16(23)11-17(24)10-15/h3-7,9-11,22-24H,8,12-13H2,1-2H3,(H,21,26). The van der Waals surface area contributed by atoms with Gasteiger partial charge in [-0.2, -0.15) is 0 Å². The van der Waals surface area contributed by atoms with Gasteiger partial charge in [0.05, 0.1) is 13.0 Å². The molecule has 2 aromatic rings. The van der Waals surface area contributed by atoms with Crippen molar-refractivity contribution in [3.05, 3.63) is 59.7 Å². The Hall–Kier alpha value is -2.86. The van der Waals surface area contributed by atoms with E-state index >= 15 is 0 Å². The molecule has 0 heterocycles. The summed E-state index contributed by atoms with van der Waals surface area (Å²) in [5, 5.41) is 24.9. The highest BCUT2D eigenvalue weighted by atomic mass is 16.3. The van der Waals surface area contributed by atoms with Crippen molar-refractivity contribution in [2.24, 2.45) is 0 Å². The highest BCUT2D eigenvalue weighted by molar-refractivity contribution is 5.98. The molecular weight excluding hydrogens is 332 g/mol. The number of Topliss-reactive ketones (excluding diaryl/α,β-unsaturated/α-hetero) is 1. The molecule has 1 amide bonds. The van der Waals surface area contributed by atoms with E-state index in [9.17, 15) is 19.8 Å². The lowest BCUT2D eigenvalue weighted by Crippen LogP contribution is -2.50. The first-order valence-electron chi connectivity index (χ1n) is 8.37. The van der Waals surface area contributed by atoms with Crippen molar-refractivity contribution in [1.29, 1.82) is 0 Å². The smallest absolute Gasteiger partial charge is 0.224 e. The molecule has 6 nitrogen and oxygen atoms in total. The number of hydrogen-bond donors (Lipinski definition) is 4. The van der Waals surface area contributed by atoms with E-state index in [4.69, 9.17) is 0 Å². The number of hydrogen-bond acceptors (Lipinski definition) is 5. The Morgan fingerprint density at radius 1 is 1.00 bits per heavy atom. The Morgan fingerprint density at radius 3 is 2.23 bits per heavy atom. The molecular formula is C20H24N2O4. The molecule has 26 heavy (non-hydrogen) atoms.